The standard InChI is InChI=1S/C17H20FNO/c1-4-19(15-8-5-12(2)6-9-15)13(3)16-10-7-14(18)11-17(16)20/h5-11,13,20H,4H2,1-3H3. The molecule has 20 heavy (non-hydrogen) atoms. The number of phenols is 1. The lowest BCUT2D eigenvalue weighted by atomic mass is 10.0. The van der Waals surface area contributed by atoms with Crippen LogP contribution >= 0.6 is 0 Å². The Hall–Kier alpha value is -2.03. The van der Waals surface area contributed by atoms with Crippen LogP contribution in [0.15, 0.2) is 42.5 Å². The topological polar surface area (TPSA) is 23.5 Å². The predicted octanol–water partition coefficient (Wildman–Crippen LogP) is 4.43. The monoisotopic (exact) mass is 273 g/mol. The normalized spacial score (nSPS) is 12.2. The van der Waals surface area contributed by atoms with Gasteiger partial charge in [-0.1, -0.05) is 23.8 Å². The molecule has 3 heteroatoms. The smallest absolute Gasteiger partial charge is 0.126 e. The van der Waals surface area contributed by atoms with Crippen molar-refractivity contribution in [1.29, 1.82) is 0 Å². The highest BCUT2D eigenvalue weighted by molar-refractivity contribution is 5.51. The van der Waals surface area contributed by atoms with Crippen LogP contribution in [0, 0.1) is 12.7 Å². The highest BCUT2D eigenvalue weighted by Crippen LogP contribution is 2.32. The van der Waals surface area contributed by atoms with Crippen molar-refractivity contribution in [2.75, 3.05) is 11.4 Å². The number of rotatable bonds is 4. The van der Waals surface area contributed by atoms with E-state index in [4.69, 9.17) is 0 Å². The van der Waals surface area contributed by atoms with Crippen LogP contribution in [0.4, 0.5) is 10.1 Å². The van der Waals surface area contributed by atoms with E-state index in [0.717, 1.165) is 23.9 Å². The second kappa shape index (κ2) is 5.95. The molecule has 1 unspecified atom stereocenters. The molecule has 2 aromatic carbocycles. The van der Waals surface area contributed by atoms with E-state index >= 15 is 0 Å². The molecular weight excluding hydrogens is 253 g/mol. The van der Waals surface area contributed by atoms with Crippen molar-refractivity contribution < 1.29 is 9.50 Å². The molecule has 0 fully saturated rings. The van der Waals surface area contributed by atoms with E-state index in [2.05, 4.69) is 43.0 Å². The van der Waals surface area contributed by atoms with Crippen LogP contribution in [0.5, 0.6) is 5.75 Å². The van der Waals surface area contributed by atoms with E-state index in [-0.39, 0.29) is 11.8 Å². The highest BCUT2D eigenvalue weighted by atomic mass is 19.1. The number of aryl methyl sites for hydroxylation is 1. The summed E-state index contributed by atoms with van der Waals surface area (Å²) < 4.78 is 13.1. The summed E-state index contributed by atoms with van der Waals surface area (Å²) in [6.07, 6.45) is 0. The van der Waals surface area contributed by atoms with E-state index in [1.807, 2.05) is 6.92 Å². The Morgan fingerprint density at radius 3 is 2.35 bits per heavy atom. The fourth-order valence-corrected chi connectivity index (χ4v) is 2.45. The first kappa shape index (κ1) is 14.4. The molecule has 0 aromatic heterocycles. The first-order valence-corrected chi connectivity index (χ1v) is 6.84. The van der Waals surface area contributed by atoms with Crippen molar-refractivity contribution in [1.82, 2.24) is 0 Å². The minimum absolute atomic E-state index is 0.00283. The number of hydrogen-bond donors (Lipinski definition) is 1. The Balaban J connectivity index is 2.33. The molecule has 0 aliphatic carbocycles. The average Bonchev–Trinajstić information content (AvgIpc) is 2.41. The van der Waals surface area contributed by atoms with Gasteiger partial charge in [-0.05, 0) is 39.0 Å². The molecule has 0 radical (unpaired) electrons. The molecule has 0 bridgehead atoms. The van der Waals surface area contributed by atoms with Crippen LogP contribution in [-0.2, 0) is 0 Å². The fraction of sp³-hybridized carbons (Fsp3) is 0.294. The lowest BCUT2D eigenvalue weighted by Crippen LogP contribution is -2.26. The molecule has 2 nitrogen and oxygen atoms in total. The van der Waals surface area contributed by atoms with Crippen LogP contribution in [0.2, 0.25) is 0 Å². The van der Waals surface area contributed by atoms with E-state index in [1.54, 1.807) is 6.07 Å². The van der Waals surface area contributed by atoms with Gasteiger partial charge in [0.05, 0.1) is 6.04 Å². The van der Waals surface area contributed by atoms with Gasteiger partial charge in [-0.25, -0.2) is 4.39 Å². The number of benzene rings is 2. The van der Waals surface area contributed by atoms with Gasteiger partial charge in [0.15, 0.2) is 0 Å². The average molecular weight is 273 g/mol. The van der Waals surface area contributed by atoms with E-state index in [0.29, 0.717) is 0 Å². The molecule has 0 heterocycles. The molecule has 1 atom stereocenters. The summed E-state index contributed by atoms with van der Waals surface area (Å²) in [6.45, 7) is 6.93. The van der Waals surface area contributed by atoms with Gasteiger partial charge in [-0.15, -0.1) is 0 Å². The Morgan fingerprint density at radius 1 is 1.15 bits per heavy atom. The van der Waals surface area contributed by atoms with Crippen LogP contribution in [-0.4, -0.2) is 11.7 Å². The van der Waals surface area contributed by atoms with Crippen molar-refractivity contribution in [3.05, 3.63) is 59.4 Å². The summed E-state index contributed by atoms with van der Waals surface area (Å²) in [5.41, 5.74) is 3.03. The Morgan fingerprint density at radius 2 is 1.80 bits per heavy atom. The summed E-state index contributed by atoms with van der Waals surface area (Å²) in [5.74, 6) is -0.417. The van der Waals surface area contributed by atoms with Gasteiger partial charge in [0, 0.05) is 23.9 Å². The van der Waals surface area contributed by atoms with Gasteiger partial charge in [0.1, 0.15) is 11.6 Å². The van der Waals surface area contributed by atoms with Crippen molar-refractivity contribution in [2.45, 2.75) is 26.8 Å². The third-order valence-electron chi connectivity index (χ3n) is 3.62. The zero-order valence-corrected chi connectivity index (χ0v) is 12.1. The number of hydrogen-bond acceptors (Lipinski definition) is 2. The summed E-state index contributed by atoms with van der Waals surface area (Å²) in [5, 5.41) is 9.93. The van der Waals surface area contributed by atoms with Gasteiger partial charge in [0.25, 0.3) is 0 Å². The largest absolute Gasteiger partial charge is 0.507 e. The van der Waals surface area contributed by atoms with Crippen molar-refractivity contribution >= 4 is 5.69 Å². The van der Waals surface area contributed by atoms with Crippen LogP contribution < -0.4 is 4.90 Å². The zero-order chi connectivity index (χ0) is 14.7. The SMILES string of the molecule is CCN(c1ccc(C)cc1)C(C)c1ccc(F)cc1O. The maximum atomic E-state index is 13.1. The van der Waals surface area contributed by atoms with E-state index in [9.17, 15) is 9.50 Å². The van der Waals surface area contributed by atoms with Crippen molar-refractivity contribution in [3.8, 4) is 5.75 Å². The Labute approximate surface area is 119 Å². The summed E-state index contributed by atoms with van der Waals surface area (Å²) in [6, 6.07) is 12.4. The highest BCUT2D eigenvalue weighted by Gasteiger charge is 2.18. The zero-order valence-electron chi connectivity index (χ0n) is 12.1. The van der Waals surface area contributed by atoms with Crippen LogP contribution in [0.1, 0.15) is 31.0 Å². The van der Waals surface area contributed by atoms with Gasteiger partial charge < -0.3 is 10.0 Å². The Bertz CT molecular complexity index is 580. The number of phenolic OH excluding ortho intramolecular Hbond substituents is 1. The summed E-state index contributed by atoms with van der Waals surface area (Å²) >= 11 is 0. The molecule has 2 aromatic rings. The molecule has 0 aliphatic rings. The second-order valence-electron chi connectivity index (χ2n) is 5.00. The minimum atomic E-state index is -0.420. The predicted molar refractivity (Wildman–Crippen MR) is 80.7 cm³/mol. The van der Waals surface area contributed by atoms with E-state index < -0.39 is 5.82 Å². The summed E-state index contributed by atoms with van der Waals surface area (Å²) in [7, 11) is 0. The molecule has 0 saturated carbocycles. The molecule has 2 rings (SSSR count). The molecule has 0 saturated heterocycles. The molecule has 0 spiro atoms. The van der Waals surface area contributed by atoms with Crippen LogP contribution in [0.3, 0.4) is 0 Å². The Kier molecular flexibility index (Phi) is 4.28. The first-order valence-electron chi connectivity index (χ1n) is 6.84. The lowest BCUT2D eigenvalue weighted by molar-refractivity contribution is 0.455. The van der Waals surface area contributed by atoms with E-state index in [1.165, 1.54) is 11.6 Å². The molecule has 0 amide bonds. The molecule has 0 aliphatic heterocycles. The maximum Gasteiger partial charge on any atom is 0.126 e. The maximum absolute atomic E-state index is 13.1. The summed E-state index contributed by atoms with van der Waals surface area (Å²) in [4.78, 5) is 2.17. The number of anilines is 1. The molecular formula is C17H20FNO. The number of aromatic hydroxyl groups is 1. The van der Waals surface area contributed by atoms with Crippen LogP contribution in [0.25, 0.3) is 0 Å². The third-order valence-corrected chi connectivity index (χ3v) is 3.62. The first-order chi connectivity index (χ1) is 9.52. The van der Waals surface area contributed by atoms with Gasteiger partial charge in [-0.2, -0.15) is 0 Å². The quantitative estimate of drug-likeness (QED) is 0.891. The lowest BCUT2D eigenvalue weighted by Gasteiger charge is -2.31. The number of halogens is 1. The fourth-order valence-electron chi connectivity index (χ4n) is 2.45. The van der Waals surface area contributed by atoms with Crippen molar-refractivity contribution in [3.63, 3.8) is 0 Å². The minimum Gasteiger partial charge on any atom is -0.507 e. The van der Waals surface area contributed by atoms with Gasteiger partial charge in [-0.3, -0.25) is 0 Å². The van der Waals surface area contributed by atoms with Gasteiger partial charge >= 0.3 is 0 Å². The third kappa shape index (κ3) is 2.93. The second-order valence-corrected chi connectivity index (χ2v) is 5.00. The number of nitrogens with zero attached hydrogens (tertiary/aromatic N) is 1. The molecule has 1 N–H and O–H groups in total. The van der Waals surface area contributed by atoms with Crippen molar-refractivity contribution in [2.24, 2.45) is 0 Å². The molecule has 106 valence electrons. The van der Waals surface area contributed by atoms with Gasteiger partial charge in [0.2, 0.25) is 0 Å².